The van der Waals surface area contributed by atoms with Crippen LogP contribution in [0.3, 0.4) is 0 Å². The molecule has 0 aliphatic carbocycles. The van der Waals surface area contributed by atoms with E-state index in [1.807, 2.05) is 241 Å². The van der Waals surface area contributed by atoms with Gasteiger partial charge >= 0.3 is 0 Å². The van der Waals surface area contributed by atoms with Crippen molar-refractivity contribution in [2.75, 3.05) is 33.7 Å². The van der Waals surface area contributed by atoms with Crippen molar-refractivity contribution in [3.63, 3.8) is 0 Å². The summed E-state index contributed by atoms with van der Waals surface area (Å²) in [6.45, 7) is 19.1. The number of ketones is 1. The predicted molar refractivity (Wildman–Crippen MR) is 487 cm³/mol. The van der Waals surface area contributed by atoms with E-state index in [1.54, 1.807) is 13.2 Å². The molecule has 32 nitrogen and oxygen atoms in total. The Kier molecular flexibility index (Phi) is 24.2. The van der Waals surface area contributed by atoms with Crippen LogP contribution in [0.15, 0.2) is 231 Å². The number of aromatic nitrogens is 25. The summed E-state index contributed by atoms with van der Waals surface area (Å²) in [7, 11) is 1.63. The van der Waals surface area contributed by atoms with Crippen LogP contribution in [0.5, 0.6) is 5.75 Å². The zero-order chi connectivity index (χ0) is 86.6. The third-order valence-corrected chi connectivity index (χ3v) is 20.0. The van der Waals surface area contributed by atoms with Gasteiger partial charge in [0, 0.05) is 54.7 Å². The fraction of sp³-hybridized carbons (Fsp3) is 0.120. The quantitative estimate of drug-likeness (QED) is 0.0379. The van der Waals surface area contributed by atoms with Crippen LogP contribution in [-0.4, -0.2) is 139 Å². The predicted octanol–water partition coefficient (Wildman–Crippen LogP) is 19.4. The van der Waals surface area contributed by atoms with Gasteiger partial charge in [0.05, 0.1) is 45.3 Å². The largest absolute Gasteiger partial charge is 0.496 e. The number of aryl methyl sites for hydroxylation is 8. The number of anilines is 10. The van der Waals surface area contributed by atoms with Crippen molar-refractivity contribution in [1.82, 2.24) is 126 Å². The van der Waals surface area contributed by atoms with E-state index in [0.29, 0.717) is 110 Å². The average molecular weight is 1670 g/mol. The number of nitrogens with zero attached hydrogens (tertiary/aromatic N) is 20. The van der Waals surface area contributed by atoms with Crippen molar-refractivity contribution < 1.29 is 9.53 Å². The van der Waals surface area contributed by atoms with Gasteiger partial charge in [0.2, 0.25) is 29.7 Å². The van der Waals surface area contributed by atoms with Crippen molar-refractivity contribution in [3.8, 4) is 62.7 Å². The number of para-hydroxylation sites is 6. The molecule has 10 aromatic heterocycles. The Bertz CT molecular complexity index is 7300. The number of H-pyrrole nitrogens is 5. The summed E-state index contributed by atoms with van der Waals surface area (Å²) in [5.41, 5.74) is 13.8. The molecule has 0 unspecified atom stereocenters. The lowest BCUT2D eigenvalue weighted by Crippen LogP contribution is -2.03. The molecule has 0 atom stereocenters. The maximum Gasteiger partial charge on any atom is 0.247 e. The number of carbonyl (C=O) groups is 1. The first-order valence-corrected chi connectivity index (χ1v) is 39.9. The third-order valence-electron chi connectivity index (χ3n) is 19.7. The minimum atomic E-state index is -0.0311. The Balaban J connectivity index is 0.000000115. The zero-order valence-corrected chi connectivity index (χ0v) is 70.3. The fourth-order valence-corrected chi connectivity index (χ4v) is 13.8. The van der Waals surface area contributed by atoms with Gasteiger partial charge in [-0.15, -0.1) is 25.5 Å². The molecule has 10 aromatic carbocycles. The highest BCUT2D eigenvalue weighted by Crippen LogP contribution is 2.37. The van der Waals surface area contributed by atoms with Crippen molar-refractivity contribution >= 4 is 131 Å². The average Bonchev–Trinajstić information content (AvgIpc) is 1.52. The van der Waals surface area contributed by atoms with Crippen molar-refractivity contribution in [2.24, 2.45) is 0 Å². The van der Waals surface area contributed by atoms with Gasteiger partial charge in [-0.3, -0.25) is 30.3 Å². The number of hydrogen-bond acceptors (Lipinski definition) is 27. The standard InChI is InChI=1S/C19H16N6O.2C19H18N6.C18H16N6O.C17H13ClN6/c1-11(26)13-7-3-4-8-14(13)17-21-16-10-6-5-9-15(16)18(22-17)23-19-20-12(2)24-25-19;1-11-7-6-8-12(2)16(11)18-21-15-10-5-4-9-14(15)17(22-18)23-19-20-13(3)24-25-19;1-11-7-6-9-14(12(11)2)17-21-16-10-5-4-8-15(16)18(22-17)23-19-20-13(3)24-25-19;1-11-19-18(24-23-11)22-16-12-7-3-5-9-14(12)20-17(21-16)13-8-4-6-10-15(13)25-2;1-10-19-17(24-23-10)22-16-12-7-3-5-9-14(12)20-15(21-16)11-6-2-4-8-13(11)18/h3-10H,1-2H3,(H2,20,21,22,23,24,25);2*4-10H,1-3H3,(H2,20,21,22,23,24,25);3-10H,1-2H3,(H2,19,20,21,22,23,24);2-9H,1H3,(H2,19,20,21,22,23,24). The number of nitrogens with one attached hydrogen (secondary N) is 10. The van der Waals surface area contributed by atoms with Crippen LogP contribution in [0.25, 0.3) is 111 Å². The van der Waals surface area contributed by atoms with E-state index in [9.17, 15) is 4.79 Å². The summed E-state index contributed by atoms with van der Waals surface area (Å²) < 4.78 is 5.44. The second-order valence-electron chi connectivity index (χ2n) is 28.7. The van der Waals surface area contributed by atoms with E-state index in [1.165, 1.54) is 18.1 Å². The number of carbonyl (C=O) groups excluding carboxylic acids is 1. The monoisotopic (exact) mass is 1670 g/mol. The van der Waals surface area contributed by atoms with Gasteiger partial charge in [-0.1, -0.05) is 157 Å². The Morgan fingerprint density at radius 1 is 0.288 bits per heavy atom. The fourth-order valence-electron chi connectivity index (χ4n) is 13.6. The van der Waals surface area contributed by atoms with E-state index in [2.05, 4.69) is 178 Å². The highest BCUT2D eigenvalue weighted by atomic mass is 35.5. The van der Waals surface area contributed by atoms with Crippen LogP contribution in [0.1, 0.15) is 68.7 Å². The lowest BCUT2D eigenvalue weighted by Gasteiger charge is -2.12. The topological polar surface area (TPSA) is 423 Å². The summed E-state index contributed by atoms with van der Waals surface area (Å²) in [4.78, 5) is 80.4. The smallest absolute Gasteiger partial charge is 0.247 e. The molecule has 20 aromatic rings. The lowest BCUT2D eigenvalue weighted by molar-refractivity contribution is 0.101. The first-order valence-electron chi connectivity index (χ1n) is 39.6. The molecule has 0 aliphatic heterocycles. The van der Waals surface area contributed by atoms with Gasteiger partial charge in [-0.2, -0.15) is 24.9 Å². The number of benzene rings is 10. The van der Waals surface area contributed by atoms with Crippen LogP contribution >= 0.6 is 11.6 Å². The summed E-state index contributed by atoms with van der Waals surface area (Å²) in [5.74, 6) is 12.9. The van der Waals surface area contributed by atoms with Crippen LogP contribution < -0.4 is 31.3 Å². The van der Waals surface area contributed by atoms with Gasteiger partial charge in [0.25, 0.3) is 0 Å². The van der Waals surface area contributed by atoms with Gasteiger partial charge in [-0.25, -0.2) is 49.8 Å². The molecule has 10 heterocycles. The maximum atomic E-state index is 12.0. The molecule has 0 amide bonds. The van der Waals surface area contributed by atoms with E-state index in [4.69, 9.17) is 36.3 Å². The number of rotatable bonds is 17. The number of ether oxygens (including phenoxy) is 1. The van der Waals surface area contributed by atoms with E-state index in [0.717, 1.165) is 117 Å². The molecule has 10 N–H and O–H groups in total. The van der Waals surface area contributed by atoms with E-state index >= 15 is 0 Å². The molecule has 0 radical (unpaired) electrons. The molecule has 125 heavy (non-hydrogen) atoms. The van der Waals surface area contributed by atoms with Crippen LogP contribution in [0.2, 0.25) is 5.02 Å². The summed E-state index contributed by atoms with van der Waals surface area (Å²) in [6.07, 6.45) is 0. The summed E-state index contributed by atoms with van der Waals surface area (Å²) in [6, 6.07) is 74.0. The van der Waals surface area contributed by atoms with Crippen LogP contribution in [-0.2, 0) is 0 Å². The van der Waals surface area contributed by atoms with E-state index in [-0.39, 0.29) is 5.78 Å². The molecular formula is C92H81ClN30O2. The van der Waals surface area contributed by atoms with E-state index < -0.39 is 0 Å². The number of halogens is 1. The number of Topliss-reactive ketones (excluding diaryl/α,β-unsaturated/α-hetero) is 1. The van der Waals surface area contributed by atoms with Gasteiger partial charge in [0.15, 0.2) is 34.9 Å². The van der Waals surface area contributed by atoms with Gasteiger partial charge in [-0.05, 0) is 176 Å². The first kappa shape index (κ1) is 82.1. The molecule has 0 bridgehead atoms. The lowest BCUT2D eigenvalue weighted by atomic mass is 10.0. The minimum Gasteiger partial charge on any atom is -0.496 e. The molecule has 0 aliphatic rings. The minimum absolute atomic E-state index is 0.0311. The van der Waals surface area contributed by atoms with Gasteiger partial charge < -0.3 is 31.3 Å². The van der Waals surface area contributed by atoms with Crippen molar-refractivity contribution in [3.05, 3.63) is 292 Å². The molecule has 0 spiro atoms. The Morgan fingerprint density at radius 3 is 0.928 bits per heavy atom. The molecular weight excluding hydrogens is 1590 g/mol. The molecule has 33 heteroatoms. The normalized spacial score (nSPS) is 10.9. The second kappa shape index (κ2) is 36.9. The Hall–Kier alpha value is -16.6. The second-order valence-corrected chi connectivity index (χ2v) is 29.1. The third kappa shape index (κ3) is 19.0. The Morgan fingerprint density at radius 2 is 0.568 bits per heavy atom. The molecule has 0 fully saturated rings. The molecule has 0 saturated carbocycles. The van der Waals surface area contributed by atoms with Crippen molar-refractivity contribution in [2.45, 2.75) is 69.2 Å². The maximum absolute atomic E-state index is 12.0. The van der Waals surface area contributed by atoms with Gasteiger partial charge in [0.1, 0.15) is 64.0 Å². The summed E-state index contributed by atoms with van der Waals surface area (Å²) in [5, 5.41) is 55.7. The van der Waals surface area contributed by atoms with Crippen molar-refractivity contribution in [1.29, 1.82) is 0 Å². The Labute approximate surface area is 720 Å². The van der Waals surface area contributed by atoms with Crippen LogP contribution in [0, 0.1) is 62.3 Å². The zero-order valence-electron chi connectivity index (χ0n) is 69.6. The van der Waals surface area contributed by atoms with Crippen LogP contribution in [0.4, 0.5) is 58.8 Å². The first-order chi connectivity index (χ1) is 60.8. The number of methoxy groups -OCH3 is 1. The molecule has 20 rings (SSSR count). The number of hydrogen-bond donors (Lipinski definition) is 10. The highest BCUT2D eigenvalue weighted by molar-refractivity contribution is 6.33. The SMILES string of the molecule is CC(=O)c1ccccc1-c1nc(Nc2n[nH]c(C)n2)c2ccccc2n1.COc1ccccc1-c1nc(Nc2n[nH]c(C)n2)c2ccccc2n1.Cc1nc(Nc2nc(-c3c(C)cccc3C)nc3ccccc23)n[nH]1.Cc1nc(Nc2nc(-c3cccc(C)c3C)nc3ccccc23)n[nH]1.Cc1nc(Nc2nc(-c3ccccc3Cl)nc3ccccc23)n[nH]1. The summed E-state index contributed by atoms with van der Waals surface area (Å²) >= 11 is 6.30. The molecule has 0 saturated heterocycles. The molecule has 618 valence electrons. The number of fused-ring (bicyclic) bond motifs is 5. The number of aromatic amines is 5. The highest BCUT2D eigenvalue weighted by Gasteiger charge is 2.22.